The fourth-order valence-electron chi connectivity index (χ4n) is 7.57. The summed E-state index contributed by atoms with van der Waals surface area (Å²) in [5.74, 6) is -2.33. The molecule has 15 heteroatoms. The zero-order valence-corrected chi connectivity index (χ0v) is 32.0. The maximum atomic E-state index is 13.6. The van der Waals surface area contributed by atoms with E-state index in [-0.39, 0.29) is 36.3 Å². The van der Waals surface area contributed by atoms with Gasteiger partial charge in [-0.2, -0.15) is 0 Å². The molecule has 5 rings (SSSR count). The summed E-state index contributed by atoms with van der Waals surface area (Å²) in [7, 11) is 1.96. The highest BCUT2D eigenvalue weighted by Crippen LogP contribution is 2.65. The van der Waals surface area contributed by atoms with E-state index in [0.29, 0.717) is 31.4 Å². The second kappa shape index (κ2) is 14.8. The van der Waals surface area contributed by atoms with Crippen LogP contribution in [-0.2, 0) is 49.9 Å². The first-order valence-electron chi connectivity index (χ1n) is 18.1. The maximum Gasteiger partial charge on any atom is 0.514 e. The SMILES string of the molecule is CCCCOC(=O)C[C@H](NC(=O)OC(C)(C)C)C(=O)O[C@@H](C)C(=O)OC1=CC[C@@]2(O)[C@H]3Cc4ccc(OC(=O)OC(C)(C)C)c5c4[C@@]2(CCN3C)[C@H]1O5. The van der Waals surface area contributed by atoms with Crippen LogP contribution in [0, 0.1) is 0 Å². The monoisotopic (exact) mass is 744 g/mol. The smallest absolute Gasteiger partial charge is 0.477 e. The van der Waals surface area contributed by atoms with E-state index in [1.54, 1.807) is 53.7 Å². The first kappa shape index (κ1) is 39.8. The molecule has 0 saturated carbocycles. The summed E-state index contributed by atoms with van der Waals surface area (Å²) in [6, 6.07) is 1.68. The van der Waals surface area contributed by atoms with Gasteiger partial charge in [0.05, 0.1) is 24.0 Å². The summed E-state index contributed by atoms with van der Waals surface area (Å²) >= 11 is 0. The number of hydrogen-bond donors (Lipinski definition) is 2. The summed E-state index contributed by atoms with van der Waals surface area (Å²) in [4.78, 5) is 66.9. The van der Waals surface area contributed by atoms with Crippen LogP contribution < -0.4 is 14.8 Å². The van der Waals surface area contributed by atoms with Crippen LogP contribution in [0.2, 0.25) is 0 Å². The van der Waals surface area contributed by atoms with E-state index >= 15 is 0 Å². The molecular weight excluding hydrogens is 692 g/mol. The number of rotatable bonds is 11. The Balaban J connectivity index is 1.37. The van der Waals surface area contributed by atoms with Crippen LogP contribution in [0.4, 0.5) is 9.59 Å². The van der Waals surface area contributed by atoms with E-state index in [2.05, 4.69) is 10.2 Å². The largest absolute Gasteiger partial charge is 0.514 e. The Bertz CT molecular complexity index is 1660. The van der Waals surface area contributed by atoms with E-state index < -0.39 is 77.0 Å². The zero-order valence-electron chi connectivity index (χ0n) is 32.0. The Morgan fingerprint density at radius 3 is 2.40 bits per heavy atom. The fraction of sp³-hybridized carbons (Fsp3) is 0.658. The summed E-state index contributed by atoms with van der Waals surface area (Å²) in [6.07, 6.45) is -0.881. The molecule has 4 aliphatic rings. The van der Waals surface area contributed by atoms with E-state index in [1.807, 2.05) is 20.0 Å². The summed E-state index contributed by atoms with van der Waals surface area (Å²) < 4.78 is 39.3. The molecule has 15 nitrogen and oxygen atoms in total. The van der Waals surface area contributed by atoms with E-state index in [1.165, 1.54) is 6.92 Å². The predicted molar refractivity (Wildman–Crippen MR) is 187 cm³/mol. The molecule has 2 bridgehead atoms. The highest BCUT2D eigenvalue weighted by atomic mass is 16.7. The number of hydrogen-bond acceptors (Lipinski definition) is 14. The van der Waals surface area contributed by atoms with Gasteiger partial charge in [-0.15, -0.1) is 0 Å². The number of likely N-dealkylation sites (N-methyl/N-ethyl adjacent to an activating group) is 1. The molecule has 2 aliphatic heterocycles. The normalized spacial score (nSPS) is 25.4. The lowest BCUT2D eigenvalue weighted by Crippen LogP contribution is -2.74. The quantitative estimate of drug-likeness (QED) is 0.141. The molecular formula is C38H52N2O13. The standard InChI is InChI=1S/C38H52N2O13/c1-10-11-18-47-27(41)20-23(39-33(44)52-35(3,4)5)32(43)48-21(2)31(42)49-25-14-15-38(46)26-19-22-12-13-24(50-34(45)53-36(6,7)8)29-28(22)37(38,30(25)51-29)16-17-40(26)9/h12-14,21,23,26,30,46H,10-11,15-20H2,1-9H3,(H,39,44)/t21-,23-,26+,30-,37-,38+/m0/s1. The third-order valence-electron chi connectivity index (χ3n) is 9.87. The first-order valence-corrected chi connectivity index (χ1v) is 18.1. The van der Waals surface area contributed by atoms with Gasteiger partial charge in [-0.1, -0.05) is 19.4 Å². The van der Waals surface area contributed by atoms with Crippen molar-refractivity contribution < 1.29 is 62.2 Å². The predicted octanol–water partition coefficient (Wildman–Crippen LogP) is 4.38. The lowest BCUT2D eigenvalue weighted by atomic mass is 9.50. The van der Waals surface area contributed by atoms with Crippen molar-refractivity contribution in [3.8, 4) is 11.5 Å². The molecule has 1 spiro atoms. The van der Waals surface area contributed by atoms with Crippen molar-refractivity contribution in [2.24, 2.45) is 0 Å². The van der Waals surface area contributed by atoms with Crippen molar-refractivity contribution >= 4 is 30.2 Å². The minimum absolute atomic E-state index is 0.0982. The molecule has 0 radical (unpaired) electrons. The number of nitrogens with zero attached hydrogens (tertiary/aromatic N) is 1. The van der Waals surface area contributed by atoms with Gasteiger partial charge >= 0.3 is 30.2 Å². The molecule has 2 N–H and O–H groups in total. The zero-order chi connectivity index (χ0) is 39.1. The topological polar surface area (TPSA) is 185 Å². The molecule has 1 saturated heterocycles. The van der Waals surface area contributed by atoms with Gasteiger partial charge in [0.25, 0.3) is 0 Å². The lowest BCUT2D eigenvalue weighted by Gasteiger charge is -2.61. The van der Waals surface area contributed by atoms with Gasteiger partial charge in [-0.05, 0) is 99.0 Å². The number of ether oxygens (including phenoxy) is 7. The Labute approximate surface area is 309 Å². The number of unbranched alkanes of at least 4 members (excludes halogenated alkanes) is 1. The van der Waals surface area contributed by atoms with E-state index in [9.17, 15) is 29.1 Å². The maximum absolute atomic E-state index is 13.6. The first-order chi connectivity index (χ1) is 24.7. The van der Waals surface area contributed by atoms with Gasteiger partial charge in [-0.3, -0.25) is 4.79 Å². The number of alkyl carbamates (subject to hydrolysis) is 1. The van der Waals surface area contributed by atoms with Gasteiger partial charge in [0, 0.05) is 18.0 Å². The van der Waals surface area contributed by atoms with E-state index in [0.717, 1.165) is 12.0 Å². The molecule has 1 fully saturated rings. The minimum atomic E-state index is -1.52. The van der Waals surface area contributed by atoms with Crippen molar-refractivity contribution in [1.29, 1.82) is 0 Å². The number of nitrogens with one attached hydrogen (secondary N) is 1. The van der Waals surface area contributed by atoms with Crippen LogP contribution >= 0.6 is 0 Å². The van der Waals surface area contributed by atoms with Crippen LogP contribution in [0.1, 0.15) is 98.6 Å². The van der Waals surface area contributed by atoms with Gasteiger partial charge in [-0.25, -0.2) is 19.2 Å². The molecule has 1 amide bonds. The molecule has 0 unspecified atom stereocenters. The highest BCUT2D eigenvalue weighted by Gasteiger charge is 2.72. The molecule has 6 atom stereocenters. The molecule has 53 heavy (non-hydrogen) atoms. The number of benzene rings is 1. The Kier molecular flexibility index (Phi) is 11.1. The Morgan fingerprint density at radius 1 is 1.04 bits per heavy atom. The van der Waals surface area contributed by atoms with Crippen LogP contribution in [0.25, 0.3) is 0 Å². The van der Waals surface area contributed by atoms with Crippen LogP contribution in [0.5, 0.6) is 11.5 Å². The molecule has 2 aliphatic carbocycles. The molecule has 1 aromatic rings. The molecule has 2 heterocycles. The summed E-state index contributed by atoms with van der Waals surface area (Å²) in [5, 5.41) is 14.9. The third-order valence-corrected chi connectivity index (χ3v) is 9.87. The second-order valence-corrected chi connectivity index (χ2v) is 16.1. The van der Waals surface area contributed by atoms with Gasteiger partial charge in [0.1, 0.15) is 23.0 Å². The minimum Gasteiger partial charge on any atom is -0.477 e. The van der Waals surface area contributed by atoms with Crippen molar-refractivity contribution in [2.45, 2.75) is 140 Å². The second-order valence-electron chi connectivity index (χ2n) is 16.1. The van der Waals surface area contributed by atoms with Crippen LogP contribution in [0.15, 0.2) is 24.0 Å². The molecule has 292 valence electrons. The molecule has 1 aromatic carbocycles. The number of carbonyl (C=O) groups excluding carboxylic acids is 5. The number of amides is 1. The van der Waals surface area contributed by atoms with Gasteiger partial charge < -0.3 is 48.5 Å². The van der Waals surface area contributed by atoms with Gasteiger partial charge in [0.2, 0.25) is 0 Å². The van der Waals surface area contributed by atoms with Crippen molar-refractivity contribution in [1.82, 2.24) is 10.2 Å². The number of piperidine rings is 1. The van der Waals surface area contributed by atoms with Gasteiger partial charge in [0.15, 0.2) is 23.7 Å². The lowest BCUT2D eigenvalue weighted by molar-refractivity contribution is -0.176. The van der Waals surface area contributed by atoms with Crippen LogP contribution in [-0.4, -0.2) is 101 Å². The summed E-state index contributed by atoms with van der Waals surface area (Å²) in [6.45, 7) is 14.0. The van der Waals surface area contributed by atoms with E-state index in [4.69, 9.17) is 33.2 Å². The number of carbonyl (C=O) groups is 5. The summed E-state index contributed by atoms with van der Waals surface area (Å²) in [5.41, 5.74) is -2.49. The Morgan fingerprint density at radius 2 is 1.74 bits per heavy atom. The van der Waals surface area contributed by atoms with Crippen molar-refractivity contribution in [3.63, 3.8) is 0 Å². The van der Waals surface area contributed by atoms with Crippen LogP contribution in [0.3, 0.4) is 0 Å². The fourth-order valence-corrected chi connectivity index (χ4v) is 7.57. The van der Waals surface area contributed by atoms with Crippen molar-refractivity contribution in [3.05, 3.63) is 35.1 Å². The Hall–Kier alpha value is -4.37. The number of aliphatic hydroxyl groups is 1. The number of likely N-dealkylation sites (tertiary alicyclic amines) is 1. The highest BCUT2D eigenvalue weighted by molar-refractivity contribution is 5.88. The van der Waals surface area contributed by atoms with Crippen molar-refractivity contribution in [2.75, 3.05) is 20.2 Å². The average molecular weight is 745 g/mol. The molecule has 0 aromatic heterocycles. The number of esters is 3. The average Bonchev–Trinajstić information content (AvgIpc) is 3.39. The third kappa shape index (κ3) is 8.10.